The van der Waals surface area contributed by atoms with Crippen molar-refractivity contribution in [1.29, 1.82) is 0 Å². The first-order valence-corrected chi connectivity index (χ1v) is 5.90. The van der Waals surface area contributed by atoms with Crippen LogP contribution in [0.2, 0.25) is 5.02 Å². The third-order valence-corrected chi connectivity index (χ3v) is 3.05. The number of hydrogen-bond acceptors (Lipinski definition) is 3. The Kier molecular flexibility index (Phi) is 3.41. The third kappa shape index (κ3) is 2.71. The number of hydrogen-bond donors (Lipinski definition) is 0. The van der Waals surface area contributed by atoms with Crippen molar-refractivity contribution in [3.8, 4) is 5.75 Å². The standard InChI is InChI=1S/C11H9ClFNOS/c1-7-14-9(6-16-7)5-15-11-3-2-8(13)4-10(11)12/h2-4,6H,5H2,1H3. The lowest BCUT2D eigenvalue weighted by Gasteiger charge is -2.05. The minimum Gasteiger partial charge on any atom is -0.486 e. The SMILES string of the molecule is Cc1nc(COc2ccc(F)cc2Cl)cs1. The Hall–Kier alpha value is -1.13. The first-order valence-electron chi connectivity index (χ1n) is 4.64. The average molecular weight is 258 g/mol. The number of thiazole rings is 1. The minimum absolute atomic E-state index is 0.270. The van der Waals surface area contributed by atoms with Crippen molar-refractivity contribution < 1.29 is 9.13 Å². The van der Waals surface area contributed by atoms with Crippen LogP contribution in [0.1, 0.15) is 10.7 Å². The molecule has 1 aromatic carbocycles. The Morgan fingerprint density at radius 1 is 1.50 bits per heavy atom. The lowest BCUT2D eigenvalue weighted by Crippen LogP contribution is -1.96. The lowest BCUT2D eigenvalue weighted by molar-refractivity contribution is 0.301. The van der Waals surface area contributed by atoms with E-state index in [1.807, 2.05) is 12.3 Å². The fourth-order valence-corrected chi connectivity index (χ4v) is 2.04. The molecule has 2 rings (SSSR count). The van der Waals surface area contributed by atoms with Gasteiger partial charge in [0.2, 0.25) is 0 Å². The minimum atomic E-state index is -0.373. The Labute approximate surface area is 102 Å². The van der Waals surface area contributed by atoms with Crippen LogP contribution < -0.4 is 4.74 Å². The molecule has 0 fully saturated rings. The van der Waals surface area contributed by atoms with E-state index in [0.29, 0.717) is 12.4 Å². The highest BCUT2D eigenvalue weighted by Gasteiger charge is 2.04. The van der Waals surface area contributed by atoms with Crippen LogP contribution in [-0.2, 0) is 6.61 Å². The van der Waals surface area contributed by atoms with Crippen molar-refractivity contribution >= 4 is 22.9 Å². The van der Waals surface area contributed by atoms with Crippen molar-refractivity contribution in [2.45, 2.75) is 13.5 Å². The van der Waals surface area contributed by atoms with Crippen LogP contribution in [0.4, 0.5) is 4.39 Å². The molecule has 5 heteroatoms. The number of ether oxygens (including phenoxy) is 1. The van der Waals surface area contributed by atoms with E-state index in [1.165, 1.54) is 18.2 Å². The Balaban J connectivity index is 2.04. The first kappa shape index (κ1) is 11.4. The van der Waals surface area contributed by atoms with Crippen LogP contribution in [0, 0.1) is 12.7 Å². The number of rotatable bonds is 3. The topological polar surface area (TPSA) is 22.1 Å². The molecule has 0 unspecified atom stereocenters. The maximum Gasteiger partial charge on any atom is 0.138 e. The predicted molar refractivity (Wildman–Crippen MR) is 62.6 cm³/mol. The monoisotopic (exact) mass is 257 g/mol. The highest BCUT2D eigenvalue weighted by molar-refractivity contribution is 7.09. The number of halogens is 2. The number of aromatic nitrogens is 1. The predicted octanol–water partition coefficient (Wildman–Crippen LogP) is 3.82. The van der Waals surface area contributed by atoms with E-state index in [4.69, 9.17) is 16.3 Å². The van der Waals surface area contributed by atoms with Gasteiger partial charge < -0.3 is 4.74 Å². The van der Waals surface area contributed by atoms with Crippen molar-refractivity contribution in [3.63, 3.8) is 0 Å². The first-order chi connectivity index (χ1) is 7.65. The number of aryl methyl sites for hydroxylation is 1. The van der Waals surface area contributed by atoms with Gasteiger partial charge in [-0.05, 0) is 25.1 Å². The molecule has 2 aromatic rings. The van der Waals surface area contributed by atoms with Gasteiger partial charge in [0.15, 0.2) is 0 Å². The second-order valence-corrected chi connectivity index (χ2v) is 4.69. The van der Waals surface area contributed by atoms with Gasteiger partial charge in [0.25, 0.3) is 0 Å². The zero-order chi connectivity index (χ0) is 11.5. The Morgan fingerprint density at radius 2 is 2.31 bits per heavy atom. The van der Waals surface area contributed by atoms with Crippen LogP contribution in [-0.4, -0.2) is 4.98 Å². The van der Waals surface area contributed by atoms with Crippen molar-refractivity contribution in [1.82, 2.24) is 4.98 Å². The summed E-state index contributed by atoms with van der Waals surface area (Å²) in [6.45, 7) is 2.27. The summed E-state index contributed by atoms with van der Waals surface area (Å²) in [5, 5.41) is 3.18. The molecular weight excluding hydrogens is 249 g/mol. The van der Waals surface area contributed by atoms with Crippen LogP contribution in [0.15, 0.2) is 23.6 Å². The second kappa shape index (κ2) is 4.80. The second-order valence-electron chi connectivity index (χ2n) is 3.22. The third-order valence-electron chi connectivity index (χ3n) is 1.94. The van der Waals surface area contributed by atoms with Gasteiger partial charge in [-0.1, -0.05) is 11.6 Å². The van der Waals surface area contributed by atoms with Gasteiger partial charge in [0, 0.05) is 5.38 Å². The molecule has 0 aliphatic rings. The molecule has 2 nitrogen and oxygen atoms in total. The van der Waals surface area contributed by atoms with Crippen molar-refractivity contribution in [3.05, 3.63) is 45.1 Å². The average Bonchev–Trinajstić information content (AvgIpc) is 2.63. The van der Waals surface area contributed by atoms with E-state index < -0.39 is 0 Å². The molecule has 0 saturated heterocycles. The van der Waals surface area contributed by atoms with E-state index in [-0.39, 0.29) is 10.8 Å². The van der Waals surface area contributed by atoms with Crippen LogP contribution in [0.5, 0.6) is 5.75 Å². The maximum absolute atomic E-state index is 12.8. The highest BCUT2D eigenvalue weighted by Crippen LogP contribution is 2.25. The van der Waals surface area contributed by atoms with Gasteiger partial charge in [0.05, 0.1) is 15.7 Å². The fourth-order valence-electron chi connectivity index (χ4n) is 1.22. The maximum atomic E-state index is 12.8. The smallest absolute Gasteiger partial charge is 0.138 e. The van der Waals surface area contributed by atoms with Gasteiger partial charge in [-0.25, -0.2) is 9.37 Å². The molecule has 1 aromatic heterocycles. The van der Waals surface area contributed by atoms with E-state index in [2.05, 4.69) is 4.98 Å². The molecule has 1 heterocycles. The summed E-state index contributed by atoms with van der Waals surface area (Å²) in [6.07, 6.45) is 0. The molecule has 0 atom stereocenters. The summed E-state index contributed by atoms with van der Waals surface area (Å²) in [7, 11) is 0. The summed E-state index contributed by atoms with van der Waals surface area (Å²) in [5.74, 6) is 0.0931. The summed E-state index contributed by atoms with van der Waals surface area (Å²) >= 11 is 7.38. The lowest BCUT2D eigenvalue weighted by atomic mass is 10.3. The van der Waals surface area contributed by atoms with Gasteiger partial charge >= 0.3 is 0 Å². The highest BCUT2D eigenvalue weighted by atomic mass is 35.5. The molecule has 0 aliphatic carbocycles. The zero-order valence-corrected chi connectivity index (χ0v) is 10.1. The molecule has 16 heavy (non-hydrogen) atoms. The van der Waals surface area contributed by atoms with E-state index in [1.54, 1.807) is 11.3 Å². The number of benzene rings is 1. The Bertz CT molecular complexity index is 500. The van der Waals surface area contributed by atoms with Gasteiger partial charge in [-0.3, -0.25) is 0 Å². The number of nitrogens with zero attached hydrogens (tertiary/aromatic N) is 1. The molecular formula is C11H9ClFNOS. The largest absolute Gasteiger partial charge is 0.486 e. The molecule has 0 radical (unpaired) electrons. The summed E-state index contributed by atoms with van der Waals surface area (Å²) < 4.78 is 18.2. The van der Waals surface area contributed by atoms with Crippen molar-refractivity contribution in [2.75, 3.05) is 0 Å². The fraction of sp³-hybridized carbons (Fsp3) is 0.182. The molecule has 0 amide bonds. The molecule has 84 valence electrons. The Morgan fingerprint density at radius 3 is 2.94 bits per heavy atom. The molecule has 0 spiro atoms. The molecule has 0 bridgehead atoms. The van der Waals surface area contributed by atoms with E-state index in [9.17, 15) is 4.39 Å². The summed E-state index contributed by atoms with van der Waals surface area (Å²) in [5.41, 5.74) is 0.850. The summed E-state index contributed by atoms with van der Waals surface area (Å²) in [6, 6.07) is 4.05. The normalized spacial score (nSPS) is 10.4. The quantitative estimate of drug-likeness (QED) is 0.834. The van der Waals surface area contributed by atoms with Gasteiger partial charge in [-0.15, -0.1) is 11.3 Å². The molecule has 0 aliphatic heterocycles. The van der Waals surface area contributed by atoms with Crippen LogP contribution >= 0.6 is 22.9 Å². The van der Waals surface area contributed by atoms with Crippen LogP contribution in [0.3, 0.4) is 0 Å². The van der Waals surface area contributed by atoms with Crippen molar-refractivity contribution in [2.24, 2.45) is 0 Å². The van der Waals surface area contributed by atoms with Gasteiger partial charge in [-0.2, -0.15) is 0 Å². The molecule has 0 N–H and O–H groups in total. The zero-order valence-electron chi connectivity index (χ0n) is 8.54. The summed E-state index contributed by atoms with van der Waals surface area (Å²) in [4.78, 5) is 4.25. The molecule has 0 saturated carbocycles. The van der Waals surface area contributed by atoms with E-state index in [0.717, 1.165) is 10.7 Å². The van der Waals surface area contributed by atoms with Crippen LogP contribution in [0.25, 0.3) is 0 Å². The van der Waals surface area contributed by atoms with Gasteiger partial charge in [0.1, 0.15) is 18.2 Å². The van der Waals surface area contributed by atoms with E-state index >= 15 is 0 Å².